The van der Waals surface area contributed by atoms with Gasteiger partial charge in [0, 0.05) is 6.04 Å². The largest absolute Gasteiger partial charge is 0.491 e. The van der Waals surface area contributed by atoms with Crippen molar-refractivity contribution < 1.29 is 14.9 Å². The van der Waals surface area contributed by atoms with Gasteiger partial charge >= 0.3 is 0 Å². The maximum atomic E-state index is 9.23. The van der Waals surface area contributed by atoms with E-state index in [1.807, 2.05) is 12.1 Å². The number of nitrogens with zero attached hydrogens (tertiary/aromatic N) is 1. The van der Waals surface area contributed by atoms with Crippen molar-refractivity contribution >= 4 is 0 Å². The summed E-state index contributed by atoms with van der Waals surface area (Å²) in [5, 5.41) is 17.9. The Kier molecular flexibility index (Phi) is 7.59. The van der Waals surface area contributed by atoms with Crippen molar-refractivity contribution in [1.29, 1.82) is 0 Å². The Morgan fingerprint density at radius 3 is 2.25 bits per heavy atom. The van der Waals surface area contributed by atoms with Gasteiger partial charge in [0.2, 0.25) is 0 Å². The normalized spacial score (nSPS) is 14.3. The predicted molar refractivity (Wildman–Crippen MR) is 81.1 cm³/mol. The van der Waals surface area contributed by atoms with E-state index in [4.69, 9.17) is 9.84 Å². The minimum absolute atomic E-state index is 0.117. The van der Waals surface area contributed by atoms with Crippen molar-refractivity contribution in [3.63, 3.8) is 0 Å². The highest BCUT2D eigenvalue weighted by Gasteiger charge is 2.10. The van der Waals surface area contributed by atoms with Crippen LogP contribution in [-0.2, 0) is 6.42 Å². The lowest BCUT2D eigenvalue weighted by Gasteiger charge is -2.26. The van der Waals surface area contributed by atoms with E-state index in [1.54, 1.807) is 0 Å². The molecular formula is C16H27NO3. The number of hydrogen-bond donors (Lipinski definition) is 2. The molecule has 0 fully saturated rings. The van der Waals surface area contributed by atoms with Crippen LogP contribution in [-0.4, -0.2) is 53.6 Å². The summed E-state index contributed by atoms with van der Waals surface area (Å²) in [6.45, 7) is 8.59. The third-order valence-corrected chi connectivity index (χ3v) is 3.54. The summed E-state index contributed by atoms with van der Waals surface area (Å²) in [6, 6.07) is 8.46. The lowest BCUT2D eigenvalue weighted by atomic mass is 10.1. The predicted octanol–water partition coefficient (Wildman–Crippen LogP) is 1.69. The van der Waals surface area contributed by atoms with Gasteiger partial charge in [-0.3, -0.25) is 0 Å². The maximum Gasteiger partial charge on any atom is 0.119 e. The second kappa shape index (κ2) is 8.95. The minimum Gasteiger partial charge on any atom is -0.491 e. The highest BCUT2D eigenvalue weighted by molar-refractivity contribution is 5.27. The van der Waals surface area contributed by atoms with Crippen LogP contribution in [0.1, 0.15) is 26.3 Å². The first kappa shape index (κ1) is 17.0. The number of rotatable bonds is 9. The van der Waals surface area contributed by atoms with Gasteiger partial charge in [-0.05, 0) is 44.1 Å². The van der Waals surface area contributed by atoms with Crippen molar-refractivity contribution in [2.45, 2.75) is 39.3 Å². The standard InChI is InChI=1S/C16H27NO3/c1-4-17(5-2)13(3)10-14-6-8-16(9-7-14)20-12-15(19)11-18/h6-9,13,15,18-19H,4-5,10-12H2,1-3H3. The second-order valence-electron chi connectivity index (χ2n) is 5.07. The molecule has 0 saturated carbocycles. The number of ether oxygens (including phenoxy) is 1. The quantitative estimate of drug-likeness (QED) is 0.723. The van der Waals surface area contributed by atoms with Crippen molar-refractivity contribution in [2.75, 3.05) is 26.3 Å². The molecule has 0 saturated heterocycles. The molecule has 0 bridgehead atoms. The molecule has 1 aromatic rings. The third kappa shape index (κ3) is 5.49. The lowest BCUT2D eigenvalue weighted by molar-refractivity contribution is 0.0536. The van der Waals surface area contributed by atoms with Gasteiger partial charge in [0.05, 0.1) is 6.61 Å². The average molecular weight is 281 g/mol. The van der Waals surface area contributed by atoms with Crippen LogP contribution in [0.25, 0.3) is 0 Å². The number of aliphatic hydroxyl groups excluding tert-OH is 2. The van der Waals surface area contributed by atoms with Crippen LogP contribution in [0.5, 0.6) is 5.75 Å². The molecule has 0 aliphatic carbocycles. The Hall–Kier alpha value is -1.10. The third-order valence-electron chi connectivity index (χ3n) is 3.54. The molecule has 0 aliphatic rings. The summed E-state index contributed by atoms with van der Waals surface area (Å²) in [7, 11) is 0. The number of likely N-dealkylation sites (N-methyl/N-ethyl adjacent to an activating group) is 1. The van der Waals surface area contributed by atoms with Gasteiger partial charge < -0.3 is 19.8 Å². The van der Waals surface area contributed by atoms with Gasteiger partial charge in [0.15, 0.2) is 0 Å². The van der Waals surface area contributed by atoms with Crippen LogP contribution >= 0.6 is 0 Å². The molecule has 20 heavy (non-hydrogen) atoms. The molecule has 0 aliphatic heterocycles. The Bertz CT molecular complexity index is 362. The van der Waals surface area contributed by atoms with E-state index >= 15 is 0 Å². The molecule has 114 valence electrons. The van der Waals surface area contributed by atoms with Crippen LogP contribution in [0.2, 0.25) is 0 Å². The molecule has 2 atom stereocenters. The molecule has 0 aromatic heterocycles. The zero-order chi connectivity index (χ0) is 15.0. The summed E-state index contributed by atoms with van der Waals surface area (Å²) in [6.07, 6.45) is 0.193. The van der Waals surface area contributed by atoms with E-state index in [1.165, 1.54) is 5.56 Å². The van der Waals surface area contributed by atoms with Crippen molar-refractivity contribution in [1.82, 2.24) is 4.90 Å². The highest BCUT2D eigenvalue weighted by atomic mass is 16.5. The first-order valence-corrected chi connectivity index (χ1v) is 7.35. The van der Waals surface area contributed by atoms with Gasteiger partial charge in [-0.2, -0.15) is 0 Å². The van der Waals surface area contributed by atoms with E-state index in [9.17, 15) is 5.11 Å². The Labute approximate surface area is 122 Å². The van der Waals surface area contributed by atoms with Crippen LogP contribution in [0.15, 0.2) is 24.3 Å². The van der Waals surface area contributed by atoms with Crippen molar-refractivity contribution in [3.05, 3.63) is 29.8 Å². The van der Waals surface area contributed by atoms with E-state index in [-0.39, 0.29) is 13.2 Å². The molecule has 0 amide bonds. The number of benzene rings is 1. The van der Waals surface area contributed by atoms with Gasteiger partial charge in [-0.15, -0.1) is 0 Å². The zero-order valence-corrected chi connectivity index (χ0v) is 12.7. The Morgan fingerprint density at radius 2 is 1.75 bits per heavy atom. The summed E-state index contributed by atoms with van der Waals surface area (Å²) in [4.78, 5) is 2.43. The molecule has 4 nitrogen and oxygen atoms in total. The van der Waals surface area contributed by atoms with E-state index in [2.05, 4.69) is 37.8 Å². The van der Waals surface area contributed by atoms with Crippen molar-refractivity contribution in [2.24, 2.45) is 0 Å². The fraction of sp³-hybridized carbons (Fsp3) is 0.625. The fourth-order valence-electron chi connectivity index (χ4n) is 2.28. The zero-order valence-electron chi connectivity index (χ0n) is 12.7. The molecule has 0 radical (unpaired) electrons. The molecule has 4 heteroatoms. The molecule has 1 rings (SSSR count). The highest BCUT2D eigenvalue weighted by Crippen LogP contribution is 2.15. The topological polar surface area (TPSA) is 52.9 Å². The summed E-state index contributed by atoms with van der Waals surface area (Å²) in [5.74, 6) is 0.719. The number of hydrogen-bond acceptors (Lipinski definition) is 4. The van der Waals surface area contributed by atoms with Crippen LogP contribution in [0, 0.1) is 0 Å². The molecule has 1 aromatic carbocycles. The molecule has 0 spiro atoms. The van der Waals surface area contributed by atoms with Gasteiger partial charge in [-0.25, -0.2) is 0 Å². The number of aliphatic hydroxyl groups is 2. The van der Waals surface area contributed by atoms with Crippen LogP contribution in [0.4, 0.5) is 0 Å². The summed E-state index contributed by atoms with van der Waals surface area (Å²) >= 11 is 0. The first-order valence-electron chi connectivity index (χ1n) is 7.35. The average Bonchev–Trinajstić information content (AvgIpc) is 2.47. The Balaban J connectivity index is 2.49. The van der Waals surface area contributed by atoms with E-state index < -0.39 is 6.10 Å². The maximum absolute atomic E-state index is 9.23. The molecule has 0 heterocycles. The molecular weight excluding hydrogens is 254 g/mol. The summed E-state index contributed by atoms with van der Waals surface area (Å²) < 4.78 is 5.39. The monoisotopic (exact) mass is 281 g/mol. The fourth-order valence-corrected chi connectivity index (χ4v) is 2.28. The van der Waals surface area contributed by atoms with Gasteiger partial charge in [0.25, 0.3) is 0 Å². The summed E-state index contributed by atoms with van der Waals surface area (Å²) in [5.41, 5.74) is 1.28. The Morgan fingerprint density at radius 1 is 1.15 bits per heavy atom. The van der Waals surface area contributed by atoms with Crippen LogP contribution in [0.3, 0.4) is 0 Å². The van der Waals surface area contributed by atoms with Crippen LogP contribution < -0.4 is 4.74 Å². The first-order chi connectivity index (χ1) is 9.60. The van der Waals surface area contributed by atoms with Gasteiger partial charge in [0.1, 0.15) is 18.5 Å². The molecule has 2 N–H and O–H groups in total. The van der Waals surface area contributed by atoms with E-state index in [0.29, 0.717) is 6.04 Å². The minimum atomic E-state index is -0.822. The second-order valence-corrected chi connectivity index (χ2v) is 5.07. The lowest BCUT2D eigenvalue weighted by Crippen LogP contribution is -2.34. The smallest absolute Gasteiger partial charge is 0.119 e. The molecule has 2 unspecified atom stereocenters. The van der Waals surface area contributed by atoms with Crippen molar-refractivity contribution in [3.8, 4) is 5.75 Å². The SMILES string of the molecule is CCN(CC)C(C)Cc1ccc(OCC(O)CO)cc1. The van der Waals surface area contributed by atoms with Gasteiger partial charge in [-0.1, -0.05) is 26.0 Å². The van der Waals surface area contributed by atoms with E-state index in [0.717, 1.165) is 25.3 Å².